The quantitative estimate of drug-likeness (QED) is 0.696. The Morgan fingerprint density at radius 1 is 1.13 bits per heavy atom. The number of ether oxygens (including phenoxy) is 1. The van der Waals surface area contributed by atoms with Crippen molar-refractivity contribution in [3.05, 3.63) is 65.2 Å². The van der Waals surface area contributed by atoms with Gasteiger partial charge in [-0.15, -0.1) is 0 Å². The smallest absolute Gasteiger partial charge is 0.341 e. The summed E-state index contributed by atoms with van der Waals surface area (Å²) in [4.78, 5) is 36.9. The Labute approximate surface area is 175 Å². The van der Waals surface area contributed by atoms with E-state index >= 15 is 0 Å². The molecule has 30 heavy (non-hydrogen) atoms. The van der Waals surface area contributed by atoms with Gasteiger partial charge in [-0.2, -0.15) is 0 Å². The first-order chi connectivity index (χ1) is 14.4. The first-order valence-corrected chi connectivity index (χ1v) is 9.99. The average Bonchev–Trinajstić information content (AvgIpc) is 2.73. The van der Waals surface area contributed by atoms with Crippen LogP contribution in [-0.2, 0) is 27.2 Å². The summed E-state index contributed by atoms with van der Waals surface area (Å²) in [6.45, 7) is 2.27. The van der Waals surface area contributed by atoms with Gasteiger partial charge >= 0.3 is 5.97 Å². The van der Waals surface area contributed by atoms with Crippen molar-refractivity contribution in [2.75, 3.05) is 19.7 Å². The molecule has 2 aromatic rings. The van der Waals surface area contributed by atoms with E-state index < -0.39 is 5.97 Å². The van der Waals surface area contributed by atoms with E-state index in [-0.39, 0.29) is 30.9 Å². The van der Waals surface area contributed by atoms with Crippen LogP contribution >= 0.6 is 0 Å². The predicted molar refractivity (Wildman–Crippen MR) is 111 cm³/mol. The number of hydrogen-bond donors (Lipinski definition) is 2. The van der Waals surface area contributed by atoms with Crippen molar-refractivity contribution in [1.29, 1.82) is 0 Å². The Bertz CT molecular complexity index is 910. The molecule has 3 rings (SSSR count). The fraction of sp³-hybridized carbons (Fsp3) is 0.348. The molecule has 2 N–H and O–H groups in total. The van der Waals surface area contributed by atoms with Gasteiger partial charge in [0.25, 0.3) is 0 Å². The molecule has 1 atom stereocenters. The molecule has 0 spiro atoms. The van der Waals surface area contributed by atoms with Gasteiger partial charge in [-0.3, -0.25) is 9.59 Å². The molecule has 0 saturated carbocycles. The highest BCUT2D eigenvalue weighted by Crippen LogP contribution is 2.32. The van der Waals surface area contributed by atoms with E-state index in [1.54, 1.807) is 24.0 Å². The zero-order valence-electron chi connectivity index (χ0n) is 17.0. The number of carbonyl (C=O) groups is 3. The van der Waals surface area contributed by atoms with Gasteiger partial charge in [-0.1, -0.05) is 36.4 Å². The second-order valence-corrected chi connectivity index (χ2v) is 7.31. The van der Waals surface area contributed by atoms with Gasteiger partial charge in [0.15, 0.2) is 6.61 Å². The lowest BCUT2D eigenvalue weighted by atomic mass is 9.90. The molecule has 2 aromatic carbocycles. The van der Waals surface area contributed by atoms with Crippen LogP contribution in [0.2, 0.25) is 0 Å². The van der Waals surface area contributed by atoms with Crippen LogP contribution < -0.4 is 10.1 Å². The maximum absolute atomic E-state index is 12.6. The maximum atomic E-state index is 12.6. The van der Waals surface area contributed by atoms with Gasteiger partial charge in [0.05, 0.1) is 12.5 Å². The summed E-state index contributed by atoms with van der Waals surface area (Å²) >= 11 is 0. The Hall–Kier alpha value is -3.35. The molecular weight excluding hydrogens is 384 g/mol. The first kappa shape index (κ1) is 21.4. The molecule has 0 aliphatic carbocycles. The van der Waals surface area contributed by atoms with Crippen LogP contribution in [0.15, 0.2) is 48.5 Å². The summed E-state index contributed by atoms with van der Waals surface area (Å²) < 4.78 is 5.11. The van der Waals surface area contributed by atoms with Gasteiger partial charge in [-0.05, 0) is 41.7 Å². The van der Waals surface area contributed by atoms with Crippen molar-refractivity contribution in [2.45, 2.75) is 32.2 Å². The van der Waals surface area contributed by atoms with Gasteiger partial charge < -0.3 is 20.1 Å². The summed E-state index contributed by atoms with van der Waals surface area (Å²) in [5.74, 6) is -0.645. The monoisotopic (exact) mass is 410 g/mol. The van der Waals surface area contributed by atoms with Crippen LogP contribution in [0, 0.1) is 0 Å². The van der Waals surface area contributed by atoms with E-state index in [1.165, 1.54) is 5.56 Å². The number of nitrogens with one attached hydrogen (secondary N) is 1. The average molecular weight is 410 g/mol. The van der Waals surface area contributed by atoms with Crippen molar-refractivity contribution in [3.63, 3.8) is 0 Å². The summed E-state index contributed by atoms with van der Waals surface area (Å²) in [6.07, 6.45) is 1.68. The van der Waals surface area contributed by atoms with Crippen molar-refractivity contribution in [2.24, 2.45) is 0 Å². The number of carboxylic acids is 1. The van der Waals surface area contributed by atoms with Crippen molar-refractivity contribution >= 4 is 17.8 Å². The molecule has 7 nitrogen and oxygen atoms in total. The van der Waals surface area contributed by atoms with Crippen molar-refractivity contribution in [1.82, 2.24) is 10.2 Å². The summed E-state index contributed by atoms with van der Waals surface area (Å²) in [6, 6.07) is 14.9. The highest BCUT2D eigenvalue weighted by atomic mass is 16.5. The summed E-state index contributed by atoms with van der Waals surface area (Å²) in [7, 11) is 0. The molecule has 0 aromatic heterocycles. The van der Waals surface area contributed by atoms with Crippen LogP contribution in [0.5, 0.6) is 5.75 Å². The molecule has 1 heterocycles. The van der Waals surface area contributed by atoms with E-state index in [0.717, 1.165) is 17.5 Å². The Morgan fingerprint density at radius 3 is 2.57 bits per heavy atom. The minimum absolute atomic E-state index is 0.0208. The third-order valence-corrected chi connectivity index (χ3v) is 5.22. The Morgan fingerprint density at radius 2 is 1.87 bits per heavy atom. The number of carbonyl (C=O) groups excluding carboxylic acids is 2. The maximum Gasteiger partial charge on any atom is 0.341 e. The molecule has 0 unspecified atom stereocenters. The third-order valence-electron chi connectivity index (χ3n) is 5.22. The molecule has 1 aliphatic heterocycles. The minimum atomic E-state index is -1.02. The van der Waals surface area contributed by atoms with Crippen LogP contribution in [0.3, 0.4) is 0 Å². The first-order valence-electron chi connectivity index (χ1n) is 9.99. The Balaban J connectivity index is 1.52. The minimum Gasteiger partial charge on any atom is -0.482 e. The number of fused-ring (bicyclic) bond motifs is 1. The SMILES string of the molecule is CC(=O)N1CCc2ccccc2[C@H]1CC(=O)NCCc1ccc(OCC(=O)O)cc1. The number of aliphatic carboxylic acids is 1. The summed E-state index contributed by atoms with van der Waals surface area (Å²) in [5.41, 5.74) is 3.25. The second kappa shape index (κ2) is 9.91. The standard InChI is InChI=1S/C23H26N2O5/c1-16(26)25-13-11-18-4-2-3-5-20(18)21(25)14-22(27)24-12-10-17-6-8-19(9-7-17)30-15-23(28)29/h2-9,21H,10-15H2,1H3,(H,24,27)(H,28,29)/t21-/m1/s1. The predicted octanol–water partition coefficient (Wildman–Crippen LogP) is 2.34. The second-order valence-electron chi connectivity index (χ2n) is 7.31. The van der Waals surface area contributed by atoms with E-state index in [9.17, 15) is 14.4 Å². The van der Waals surface area contributed by atoms with E-state index in [2.05, 4.69) is 11.4 Å². The molecule has 0 fully saturated rings. The van der Waals surface area contributed by atoms with E-state index in [4.69, 9.17) is 9.84 Å². The van der Waals surface area contributed by atoms with Crippen molar-refractivity contribution < 1.29 is 24.2 Å². The number of amides is 2. The van der Waals surface area contributed by atoms with E-state index in [0.29, 0.717) is 25.3 Å². The lowest BCUT2D eigenvalue weighted by molar-refractivity contribution is -0.139. The molecule has 0 saturated heterocycles. The van der Waals surface area contributed by atoms with Crippen molar-refractivity contribution in [3.8, 4) is 5.75 Å². The van der Waals surface area contributed by atoms with Crippen LogP contribution in [0.25, 0.3) is 0 Å². The van der Waals surface area contributed by atoms with E-state index in [1.807, 2.05) is 30.3 Å². The topological polar surface area (TPSA) is 95.9 Å². The van der Waals surface area contributed by atoms with Gasteiger partial charge in [0, 0.05) is 20.0 Å². The molecule has 158 valence electrons. The molecule has 0 radical (unpaired) electrons. The van der Waals surface area contributed by atoms with Gasteiger partial charge in [-0.25, -0.2) is 4.79 Å². The summed E-state index contributed by atoms with van der Waals surface area (Å²) in [5, 5.41) is 11.6. The highest BCUT2D eigenvalue weighted by Gasteiger charge is 2.30. The van der Waals surface area contributed by atoms with Crippen LogP contribution in [0.1, 0.15) is 36.1 Å². The van der Waals surface area contributed by atoms with Crippen LogP contribution in [0.4, 0.5) is 0 Å². The lowest BCUT2D eigenvalue weighted by Gasteiger charge is -2.36. The number of hydrogen-bond acceptors (Lipinski definition) is 4. The highest BCUT2D eigenvalue weighted by molar-refractivity contribution is 5.79. The van der Waals surface area contributed by atoms with Crippen LogP contribution in [-0.4, -0.2) is 47.5 Å². The molecule has 1 aliphatic rings. The fourth-order valence-electron chi connectivity index (χ4n) is 3.74. The normalized spacial score (nSPS) is 15.2. The largest absolute Gasteiger partial charge is 0.482 e. The Kier molecular flexibility index (Phi) is 7.06. The number of carboxylic acid groups (broad SMARTS) is 1. The lowest BCUT2D eigenvalue weighted by Crippen LogP contribution is -2.41. The molecule has 7 heteroatoms. The molecule has 0 bridgehead atoms. The van der Waals surface area contributed by atoms with Gasteiger partial charge in [0.1, 0.15) is 5.75 Å². The molecule has 2 amide bonds. The number of benzene rings is 2. The zero-order chi connectivity index (χ0) is 21.5. The fourth-order valence-corrected chi connectivity index (χ4v) is 3.74. The zero-order valence-corrected chi connectivity index (χ0v) is 17.0. The third kappa shape index (κ3) is 5.59. The number of nitrogens with zero attached hydrogens (tertiary/aromatic N) is 1. The number of rotatable bonds is 8. The molecular formula is C23H26N2O5. The van der Waals surface area contributed by atoms with Gasteiger partial charge in [0.2, 0.25) is 11.8 Å².